The molecular formula is C18H26N4O. The van der Waals surface area contributed by atoms with Crippen molar-refractivity contribution in [3.63, 3.8) is 0 Å². The van der Waals surface area contributed by atoms with Gasteiger partial charge in [-0.3, -0.25) is 9.89 Å². The van der Waals surface area contributed by atoms with Crippen LogP contribution in [0.4, 0.5) is 0 Å². The lowest BCUT2D eigenvalue weighted by molar-refractivity contribution is 0.0937. The maximum Gasteiger partial charge on any atom is 0.271 e. The number of aromatic amines is 1. The summed E-state index contributed by atoms with van der Waals surface area (Å²) in [6, 6.07) is 10.4. The van der Waals surface area contributed by atoms with Gasteiger partial charge in [0.25, 0.3) is 5.91 Å². The molecule has 2 N–H and O–H groups in total. The van der Waals surface area contributed by atoms with Gasteiger partial charge in [0.1, 0.15) is 5.69 Å². The smallest absolute Gasteiger partial charge is 0.271 e. The first-order valence-corrected chi connectivity index (χ1v) is 8.06. The van der Waals surface area contributed by atoms with Gasteiger partial charge in [-0.2, -0.15) is 5.10 Å². The molecule has 5 heteroatoms. The summed E-state index contributed by atoms with van der Waals surface area (Å²) < 4.78 is 0. The second-order valence-corrected chi connectivity index (χ2v) is 6.13. The number of nitrogens with zero attached hydrogens (tertiary/aromatic N) is 2. The first kappa shape index (κ1) is 17.2. The molecule has 2 aromatic rings. The Morgan fingerprint density at radius 2 is 2.00 bits per heavy atom. The number of carbonyl (C=O) groups is 1. The van der Waals surface area contributed by atoms with Gasteiger partial charge in [0.2, 0.25) is 0 Å². The number of benzene rings is 1. The van der Waals surface area contributed by atoms with E-state index in [1.54, 1.807) is 0 Å². The second-order valence-electron chi connectivity index (χ2n) is 6.13. The van der Waals surface area contributed by atoms with Gasteiger partial charge >= 0.3 is 0 Å². The van der Waals surface area contributed by atoms with Crippen molar-refractivity contribution >= 4 is 5.91 Å². The second kappa shape index (κ2) is 7.92. The predicted octanol–water partition coefficient (Wildman–Crippen LogP) is 2.70. The molecule has 5 nitrogen and oxygen atoms in total. The number of carbonyl (C=O) groups excluding carboxylic acids is 1. The van der Waals surface area contributed by atoms with Crippen LogP contribution in [-0.2, 0) is 6.42 Å². The van der Waals surface area contributed by atoms with Gasteiger partial charge < -0.3 is 10.2 Å². The molecule has 0 spiro atoms. The largest absolute Gasteiger partial charge is 0.349 e. The third-order valence-corrected chi connectivity index (χ3v) is 3.92. The van der Waals surface area contributed by atoms with Crippen LogP contribution in [0.1, 0.15) is 46.7 Å². The molecule has 0 fully saturated rings. The van der Waals surface area contributed by atoms with Crippen molar-refractivity contribution in [3.05, 3.63) is 52.8 Å². The van der Waals surface area contributed by atoms with Crippen LogP contribution in [0, 0.1) is 6.92 Å². The summed E-state index contributed by atoms with van der Waals surface area (Å²) in [6.07, 6.45) is 1.93. The van der Waals surface area contributed by atoms with Gasteiger partial charge in [-0.15, -0.1) is 0 Å². The fourth-order valence-corrected chi connectivity index (χ4v) is 2.54. The summed E-state index contributed by atoms with van der Waals surface area (Å²) in [5.41, 5.74) is 3.88. The van der Waals surface area contributed by atoms with Crippen molar-refractivity contribution in [1.82, 2.24) is 20.4 Å². The molecule has 0 aliphatic heterocycles. The normalized spacial score (nSPS) is 12.4. The quantitative estimate of drug-likeness (QED) is 0.826. The third-order valence-electron chi connectivity index (χ3n) is 3.92. The zero-order valence-electron chi connectivity index (χ0n) is 14.4. The number of hydrogen-bond acceptors (Lipinski definition) is 3. The van der Waals surface area contributed by atoms with E-state index in [1.165, 1.54) is 11.1 Å². The molecule has 2 rings (SSSR count). The molecule has 1 aromatic carbocycles. The maximum absolute atomic E-state index is 12.3. The molecule has 1 atom stereocenters. The summed E-state index contributed by atoms with van der Waals surface area (Å²) in [6.45, 7) is 4.72. The minimum atomic E-state index is -0.137. The number of likely N-dealkylation sites (N-methyl/N-ethyl adjacent to an activating group) is 1. The molecule has 124 valence electrons. The molecule has 1 unspecified atom stereocenters. The average Bonchev–Trinajstić information content (AvgIpc) is 2.98. The summed E-state index contributed by atoms with van der Waals surface area (Å²) >= 11 is 0. The van der Waals surface area contributed by atoms with Crippen LogP contribution in [-0.4, -0.2) is 41.6 Å². The van der Waals surface area contributed by atoms with Crippen molar-refractivity contribution < 1.29 is 4.79 Å². The predicted molar refractivity (Wildman–Crippen MR) is 92.5 cm³/mol. The Bertz CT molecular complexity index is 631. The Labute approximate surface area is 138 Å². The molecule has 0 saturated carbocycles. The Hall–Kier alpha value is -2.14. The number of hydrogen-bond donors (Lipinski definition) is 2. The van der Waals surface area contributed by atoms with E-state index in [1.807, 2.05) is 20.2 Å². The molecule has 1 heterocycles. The first-order valence-electron chi connectivity index (χ1n) is 8.06. The van der Waals surface area contributed by atoms with E-state index >= 15 is 0 Å². The van der Waals surface area contributed by atoms with Crippen molar-refractivity contribution in [2.24, 2.45) is 0 Å². The topological polar surface area (TPSA) is 61.0 Å². The van der Waals surface area contributed by atoms with E-state index in [4.69, 9.17) is 0 Å². The van der Waals surface area contributed by atoms with Gasteiger partial charge in [0, 0.05) is 12.2 Å². The summed E-state index contributed by atoms with van der Waals surface area (Å²) in [4.78, 5) is 14.4. The van der Waals surface area contributed by atoms with Crippen LogP contribution in [0.2, 0.25) is 0 Å². The van der Waals surface area contributed by atoms with Crippen LogP contribution in [0.3, 0.4) is 0 Å². The molecule has 0 aliphatic carbocycles. The zero-order chi connectivity index (χ0) is 16.8. The Balaban J connectivity index is 2.00. The number of nitrogens with one attached hydrogen (secondary N) is 2. The molecule has 0 saturated heterocycles. The number of aromatic nitrogens is 2. The van der Waals surface area contributed by atoms with E-state index < -0.39 is 0 Å². The van der Waals surface area contributed by atoms with Crippen LogP contribution in [0.5, 0.6) is 0 Å². The first-order chi connectivity index (χ1) is 11.0. The van der Waals surface area contributed by atoms with Gasteiger partial charge in [0.05, 0.1) is 6.04 Å². The van der Waals surface area contributed by atoms with E-state index in [0.29, 0.717) is 12.2 Å². The molecule has 1 aromatic heterocycles. The minimum Gasteiger partial charge on any atom is -0.349 e. The number of rotatable bonds is 7. The van der Waals surface area contributed by atoms with Crippen LogP contribution < -0.4 is 5.32 Å². The summed E-state index contributed by atoms with van der Waals surface area (Å²) in [7, 11) is 4.04. The number of H-pyrrole nitrogens is 1. The molecule has 0 aliphatic rings. The highest BCUT2D eigenvalue weighted by atomic mass is 16.1. The van der Waals surface area contributed by atoms with Gasteiger partial charge in [-0.1, -0.05) is 43.2 Å². The van der Waals surface area contributed by atoms with Gasteiger partial charge in [-0.25, -0.2) is 0 Å². The Morgan fingerprint density at radius 1 is 1.30 bits per heavy atom. The van der Waals surface area contributed by atoms with E-state index in [2.05, 4.69) is 58.5 Å². The maximum atomic E-state index is 12.3. The van der Waals surface area contributed by atoms with Crippen molar-refractivity contribution in [1.29, 1.82) is 0 Å². The lowest BCUT2D eigenvalue weighted by atomic mass is 10.0. The monoisotopic (exact) mass is 314 g/mol. The zero-order valence-corrected chi connectivity index (χ0v) is 14.4. The SMILES string of the molecule is CCCc1cc(C(=O)NCC(c2ccc(C)cc2)N(C)C)n[nH]1. The highest BCUT2D eigenvalue weighted by molar-refractivity contribution is 5.92. The van der Waals surface area contributed by atoms with Crippen molar-refractivity contribution in [2.75, 3.05) is 20.6 Å². The molecular weight excluding hydrogens is 288 g/mol. The van der Waals surface area contributed by atoms with Crippen LogP contribution in [0.25, 0.3) is 0 Å². The molecule has 23 heavy (non-hydrogen) atoms. The molecule has 0 radical (unpaired) electrons. The number of aryl methyl sites for hydroxylation is 2. The molecule has 1 amide bonds. The third kappa shape index (κ3) is 4.66. The van der Waals surface area contributed by atoms with Crippen LogP contribution >= 0.6 is 0 Å². The lowest BCUT2D eigenvalue weighted by Crippen LogP contribution is -2.34. The minimum absolute atomic E-state index is 0.133. The fraction of sp³-hybridized carbons (Fsp3) is 0.444. The van der Waals surface area contributed by atoms with E-state index in [-0.39, 0.29) is 11.9 Å². The Morgan fingerprint density at radius 3 is 2.61 bits per heavy atom. The lowest BCUT2D eigenvalue weighted by Gasteiger charge is -2.25. The average molecular weight is 314 g/mol. The van der Waals surface area contributed by atoms with Crippen molar-refractivity contribution in [2.45, 2.75) is 32.7 Å². The Kier molecular flexibility index (Phi) is 5.93. The highest BCUT2D eigenvalue weighted by Gasteiger charge is 2.17. The number of amides is 1. The van der Waals surface area contributed by atoms with Crippen LogP contribution in [0.15, 0.2) is 30.3 Å². The van der Waals surface area contributed by atoms with E-state index in [0.717, 1.165) is 18.5 Å². The fourth-order valence-electron chi connectivity index (χ4n) is 2.54. The standard InChI is InChI=1S/C18H26N4O/c1-5-6-15-11-16(21-20-15)18(23)19-12-17(22(3)4)14-9-7-13(2)8-10-14/h7-11,17H,5-6,12H2,1-4H3,(H,19,23)(H,20,21). The summed E-state index contributed by atoms with van der Waals surface area (Å²) in [5.74, 6) is -0.137. The summed E-state index contributed by atoms with van der Waals surface area (Å²) in [5, 5.41) is 9.99. The van der Waals surface area contributed by atoms with E-state index in [9.17, 15) is 4.79 Å². The van der Waals surface area contributed by atoms with Crippen molar-refractivity contribution in [3.8, 4) is 0 Å². The molecule has 0 bridgehead atoms. The van der Waals surface area contributed by atoms with Gasteiger partial charge in [-0.05, 0) is 39.1 Å². The van der Waals surface area contributed by atoms with Gasteiger partial charge in [0.15, 0.2) is 0 Å². The highest BCUT2D eigenvalue weighted by Crippen LogP contribution is 2.18.